The average molecular weight is 293 g/mol. The van der Waals surface area contributed by atoms with Crippen LogP contribution < -0.4 is 5.32 Å². The minimum absolute atomic E-state index is 0.271. The van der Waals surface area contributed by atoms with Crippen LogP contribution in [0.1, 0.15) is 59.9 Å². The largest absolute Gasteiger partial charge is 0.316 e. The number of hydrogen-bond donors (Lipinski definition) is 1. The van der Waals surface area contributed by atoms with Gasteiger partial charge in [-0.3, -0.25) is 4.68 Å². The van der Waals surface area contributed by atoms with Crippen LogP contribution in [-0.2, 0) is 19.4 Å². The van der Waals surface area contributed by atoms with Crippen LogP contribution >= 0.6 is 0 Å². The SMILES string of the molecule is CCc1cc(CC(C)(CNCC(C)C)C(C)C)n(CC)n1. The number of aryl methyl sites for hydroxylation is 2. The minimum Gasteiger partial charge on any atom is -0.316 e. The Bertz CT molecular complexity index is 420. The fourth-order valence-electron chi connectivity index (χ4n) is 2.63. The van der Waals surface area contributed by atoms with Crippen molar-refractivity contribution >= 4 is 0 Å². The smallest absolute Gasteiger partial charge is 0.0624 e. The predicted molar refractivity (Wildman–Crippen MR) is 91.6 cm³/mol. The second kappa shape index (κ2) is 7.98. The molecule has 1 atom stereocenters. The Morgan fingerprint density at radius 1 is 1.24 bits per heavy atom. The molecule has 0 fully saturated rings. The van der Waals surface area contributed by atoms with Crippen LogP contribution in [-0.4, -0.2) is 22.9 Å². The van der Waals surface area contributed by atoms with Gasteiger partial charge in [0.1, 0.15) is 0 Å². The van der Waals surface area contributed by atoms with Gasteiger partial charge in [-0.25, -0.2) is 0 Å². The first-order chi connectivity index (χ1) is 9.82. The van der Waals surface area contributed by atoms with Crippen LogP contribution in [0.4, 0.5) is 0 Å². The molecular formula is C18H35N3. The Balaban J connectivity index is 2.84. The monoisotopic (exact) mass is 293 g/mol. The van der Waals surface area contributed by atoms with Gasteiger partial charge in [-0.2, -0.15) is 5.10 Å². The van der Waals surface area contributed by atoms with E-state index in [1.165, 1.54) is 11.4 Å². The highest BCUT2D eigenvalue weighted by atomic mass is 15.3. The Hall–Kier alpha value is -0.830. The Kier molecular flexibility index (Phi) is 6.92. The van der Waals surface area contributed by atoms with Gasteiger partial charge in [0, 0.05) is 18.8 Å². The summed E-state index contributed by atoms with van der Waals surface area (Å²) >= 11 is 0. The van der Waals surface area contributed by atoms with Crippen LogP contribution in [0.3, 0.4) is 0 Å². The summed E-state index contributed by atoms with van der Waals surface area (Å²) in [7, 11) is 0. The molecule has 0 saturated heterocycles. The predicted octanol–water partition coefficient (Wildman–Crippen LogP) is 3.92. The van der Waals surface area contributed by atoms with Gasteiger partial charge in [-0.05, 0) is 49.6 Å². The lowest BCUT2D eigenvalue weighted by Crippen LogP contribution is -2.39. The van der Waals surface area contributed by atoms with Crippen molar-refractivity contribution in [3.8, 4) is 0 Å². The fraction of sp³-hybridized carbons (Fsp3) is 0.833. The van der Waals surface area contributed by atoms with Crippen LogP contribution in [0, 0.1) is 17.3 Å². The van der Waals surface area contributed by atoms with Crippen LogP contribution in [0.15, 0.2) is 6.07 Å². The molecule has 1 heterocycles. The number of hydrogen-bond acceptors (Lipinski definition) is 2. The molecule has 3 heteroatoms. The molecule has 0 aliphatic heterocycles. The van der Waals surface area contributed by atoms with E-state index in [2.05, 4.69) is 64.5 Å². The van der Waals surface area contributed by atoms with Crippen molar-refractivity contribution in [2.24, 2.45) is 17.3 Å². The molecule has 0 aliphatic rings. The molecule has 0 radical (unpaired) electrons. The second-order valence-corrected chi connectivity index (χ2v) is 7.31. The zero-order valence-electron chi connectivity index (χ0n) is 15.2. The number of nitrogens with zero attached hydrogens (tertiary/aromatic N) is 2. The lowest BCUT2D eigenvalue weighted by Gasteiger charge is -2.34. The van der Waals surface area contributed by atoms with Crippen molar-refractivity contribution in [2.45, 2.75) is 67.9 Å². The van der Waals surface area contributed by atoms with Crippen molar-refractivity contribution in [1.29, 1.82) is 0 Å². The summed E-state index contributed by atoms with van der Waals surface area (Å²) < 4.78 is 2.18. The van der Waals surface area contributed by atoms with E-state index in [1.54, 1.807) is 0 Å². The third kappa shape index (κ3) is 5.14. The van der Waals surface area contributed by atoms with Gasteiger partial charge in [-0.15, -0.1) is 0 Å². The minimum atomic E-state index is 0.271. The topological polar surface area (TPSA) is 29.9 Å². The summed E-state index contributed by atoms with van der Waals surface area (Å²) in [5.41, 5.74) is 2.87. The van der Waals surface area contributed by atoms with Crippen LogP contribution in [0.25, 0.3) is 0 Å². The van der Waals surface area contributed by atoms with Crippen molar-refractivity contribution in [3.63, 3.8) is 0 Å². The molecule has 21 heavy (non-hydrogen) atoms. The first-order valence-electron chi connectivity index (χ1n) is 8.58. The van der Waals surface area contributed by atoms with Gasteiger partial charge >= 0.3 is 0 Å². The molecule has 1 unspecified atom stereocenters. The Morgan fingerprint density at radius 2 is 1.90 bits per heavy atom. The Morgan fingerprint density at radius 3 is 2.38 bits per heavy atom. The molecule has 1 aromatic rings. The maximum Gasteiger partial charge on any atom is 0.0624 e. The van der Waals surface area contributed by atoms with Gasteiger partial charge in [0.2, 0.25) is 0 Å². The molecule has 0 amide bonds. The number of nitrogens with one attached hydrogen (secondary N) is 1. The Labute approximate surface area is 131 Å². The molecule has 0 bridgehead atoms. The molecule has 0 aliphatic carbocycles. The zero-order valence-corrected chi connectivity index (χ0v) is 15.2. The maximum atomic E-state index is 4.70. The summed E-state index contributed by atoms with van der Waals surface area (Å²) in [5, 5.41) is 8.35. The van der Waals surface area contributed by atoms with Gasteiger partial charge in [0.05, 0.1) is 5.69 Å². The molecule has 0 saturated carbocycles. The second-order valence-electron chi connectivity index (χ2n) is 7.31. The number of aromatic nitrogens is 2. The summed E-state index contributed by atoms with van der Waals surface area (Å²) in [6, 6.07) is 2.30. The van der Waals surface area contributed by atoms with E-state index in [0.29, 0.717) is 11.8 Å². The van der Waals surface area contributed by atoms with E-state index >= 15 is 0 Å². The molecular weight excluding hydrogens is 258 g/mol. The molecule has 0 spiro atoms. The highest BCUT2D eigenvalue weighted by Gasteiger charge is 2.30. The van der Waals surface area contributed by atoms with Gasteiger partial charge in [0.15, 0.2) is 0 Å². The lowest BCUT2D eigenvalue weighted by atomic mass is 9.75. The first-order valence-corrected chi connectivity index (χ1v) is 8.58. The van der Waals surface area contributed by atoms with E-state index in [4.69, 9.17) is 5.10 Å². The van der Waals surface area contributed by atoms with E-state index in [9.17, 15) is 0 Å². The highest BCUT2D eigenvalue weighted by Crippen LogP contribution is 2.31. The van der Waals surface area contributed by atoms with E-state index in [-0.39, 0.29) is 5.41 Å². The van der Waals surface area contributed by atoms with E-state index in [1.807, 2.05) is 0 Å². The normalized spacial score (nSPS) is 14.9. The third-order valence-electron chi connectivity index (χ3n) is 4.64. The summed E-state index contributed by atoms with van der Waals surface area (Å²) in [6.45, 7) is 19.1. The summed E-state index contributed by atoms with van der Waals surface area (Å²) in [6.07, 6.45) is 2.11. The van der Waals surface area contributed by atoms with Gasteiger partial charge in [-0.1, -0.05) is 41.5 Å². The summed E-state index contributed by atoms with van der Waals surface area (Å²) in [4.78, 5) is 0. The molecule has 0 aromatic carbocycles. The first kappa shape index (κ1) is 18.2. The molecule has 3 nitrogen and oxygen atoms in total. The third-order valence-corrected chi connectivity index (χ3v) is 4.64. The molecule has 1 rings (SSSR count). The molecule has 1 N–H and O–H groups in total. The number of rotatable bonds is 9. The summed E-state index contributed by atoms with van der Waals surface area (Å²) in [5.74, 6) is 1.34. The quantitative estimate of drug-likeness (QED) is 0.748. The van der Waals surface area contributed by atoms with Crippen molar-refractivity contribution in [3.05, 3.63) is 17.5 Å². The fourth-order valence-corrected chi connectivity index (χ4v) is 2.63. The highest BCUT2D eigenvalue weighted by molar-refractivity contribution is 5.13. The van der Waals surface area contributed by atoms with Crippen LogP contribution in [0.5, 0.6) is 0 Å². The lowest BCUT2D eigenvalue weighted by molar-refractivity contribution is 0.200. The average Bonchev–Trinajstić information content (AvgIpc) is 2.80. The van der Waals surface area contributed by atoms with E-state index < -0.39 is 0 Å². The molecule has 122 valence electrons. The van der Waals surface area contributed by atoms with Crippen molar-refractivity contribution < 1.29 is 0 Å². The van der Waals surface area contributed by atoms with Crippen molar-refractivity contribution in [1.82, 2.24) is 15.1 Å². The van der Waals surface area contributed by atoms with E-state index in [0.717, 1.165) is 32.5 Å². The van der Waals surface area contributed by atoms with Crippen molar-refractivity contribution in [2.75, 3.05) is 13.1 Å². The molecule has 1 aromatic heterocycles. The van der Waals surface area contributed by atoms with Crippen LogP contribution in [0.2, 0.25) is 0 Å². The standard InChI is InChI=1S/C18H35N3/c1-8-16-10-17(21(9-2)20-16)11-18(7,15(5)6)13-19-12-14(3)4/h10,14-15,19H,8-9,11-13H2,1-7H3. The van der Waals surface area contributed by atoms with Gasteiger partial charge < -0.3 is 5.32 Å². The van der Waals surface area contributed by atoms with Gasteiger partial charge in [0.25, 0.3) is 0 Å². The zero-order chi connectivity index (χ0) is 16.0. The maximum absolute atomic E-state index is 4.70.